The van der Waals surface area contributed by atoms with Crippen LogP contribution in [0.5, 0.6) is 0 Å². The van der Waals surface area contributed by atoms with E-state index in [4.69, 9.17) is 22.5 Å². The van der Waals surface area contributed by atoms with Gasteiger partial charge in [-0.2, -0.15) is 0 Å². The highest BCUT2D eigenvalue weighted by atomic mass is 32.1. The SMILES string of the molecule is Cc1ccc(CNC(=S)NN)o1. The first-order valence-corrected chi connectivity index (χ1v) is 3.93. The summed E-state index contributed by atoms with van der Waals surface area (Å²) in [6.07, 6.45) is 0. The van der Waals surface area contributed by atoms with Crippen LogP contribution in [0.3, 0.4) is 0 Å². The zero-order valence-corrected chi connectivity index (χ0v) is 7.57. The summed E-state index contributed by atoms with van der Waals surface area (Å²) in [4.78, 5) is 0. The quantitative estimate of drug-likeness (QED) is 0.354. The standard InChI is InChI=1S/C7H11N3OS/c1-5-2-3-6(11-5)4-9-7(12)10-8/h2-3H,4,8H2,1H3,(H2,9,10,12). The normalized spacial score (nSPS) is 9.50. The first kappa shape index (κ1) is 9.02. The fourth-order valence-corrected chi connectivity index (χ4v) is 0.871. The van der Waals surface area contributed by atoms with Crippen molar-refractivity contribution >= 4 is 17.3 Å². The van der Waals surface area contributed by atoms with Crippen molar-refractivity contribution in [1.29, 1.82) is 0 Å². The number of thiocarbonyl (C=S) groups is 1. The first-order valence-electron chi connectivity index (χ1n) is 3.52. The van der Waals surface area contributed by atoms with Crippen LogP contribution < -0.4 is 16.6 Å². The number of hydrogen-bond donors (Lipinski definition) is 3. The minimum absolute atomic E-state index is 0.407. The van der Waals surface area contributed by atoms with Crippen LogP contribution in [0.15, 0.2) is 16.5 Å². The van der Waals surface area contributed by atoms with Gasteiger partial charge in [0, 0.05) is 0 Å². The minimum atomic E-state index is 0.407. The van der Waals surface area contributed by atoms with Gasteiger partial charge in [-0.25, -0.2) is 5.84 Å². The highest BCUT2D eigenvalue weighted by Gasteiger charge is 1.98. The van der Waals surface area contributed by atoms with E-state index in [1.54, 1.807) is 0 Å². The Morgan fingerprint density at radius 3 is 2.92 bits per heavy atom. The van der Waals surface area contributed by atoms with Crippen molar-refractivity contribution in [2.45, 2.75) is 13.5 Å². The second-order valence-corrected chi connectivity index (χ2v) is 2.75. The van der Waals surface area contributed by atoms with E-state index < -0.39 is 0 Å². The first-order chi connectivity index (χ1) is 5.72. The molecule has 0 bridgehead atoms. The summed E-state index contributed by atoms with van der Waals surface area (Å²) in [7, 11) is 0. The maximum Gasteiger partial charge on any atom is 0.180 e. The second-order valence-electron chi connectivity index (χ2n) is 2.34. The van der Waals surface area contributed by atoms with Gasteiger partial charge < -0.3 is 15.2 Å². The second kappa shape index (κ2) is 4.08. The zero-order chi connectivity index (χ0) is 8.97. The molecule has 0 aliphatic heterocycles. The maximum absolute atomic E-state index is 5.29. The Kier molecular flexibility index (Phi) is 3.07. The monoisotopic (exact) mass is 185 g/mol. The smallest absolute Gasteiger partial charge is 0.180 e. The lowest BCUT2D eigenvalue weighted by molar-refractivity contribution is 0.477. The Labute approximate surface area is 76.1 Å². The van der Waals surface area contributed by atoms with Crippen LogP contribution >= 0.6 is 12.2 Å². The third-order valence-electron chi connectivity index (χ3n) is 1.35. The van der Waals surface area contributed by atoms with Crippen molar-refractivity contribution in [2.75, 3.05) is 0 Å². The van der Waals surface area contributed by atoms with Gasteiger partial charge in [-0.15, -0.1) is 0 Å². The third kappa shape index (κ3) is 2.52. The molecule has 1 aromatic rings. The molecule has 0 unspecified atom stereocenters. The number of furan rings is 1. The lowest BCUT2D eigenvalue weighted by atomic mass is 10.4. The number of hydrazine groups is 1. The number of hydrogen-bond acceptors (Lipinski definition) is 3. The van der Waals surface area contributed by atoms with E-state index in [2.05, 4.69) is 10.7 Å². The molecule has 0 aliphatic carbocycles. The van der Waals surface area contributed by atoms with Crippen molar-refractivity contribution in [2.24, 2.45) is 5.84 Å². The van der Waals surface area contributed by atoms with Crippen LogP contribution in [0.4, 0.5) is 0 Å². The number of nitrogens with two attached hydrogens (primary N) is 1. The summed E-state index contributed by atoms with van der Waals surface area (Å²) in [6.45, 7) is 2.44. The van der Waals surface area contributed by atoms with E-state index in [0.717, 1.165) is 11.5 Å². The van der Waals surface area contributed by atoms with E-state index in [0.29, 0.717) is 11.7 Å². The lowest BCUT2D eigenvalue weighted by Gasteiger charge is -2.03. The number of nitrogens with one attached hydrogen (secondary N) is 2. The fourth-order valence-electron chi connectivity index (χ4n) is 0.799. The minimum Gasteiger partial charge on any atom is -0.465 e. The highest BCUT2D eigenvalue weighted by molar-refractivity contribution is 7.80. The van der Waals surface area contributed by atoms with E-state index in [1.807, 2.05) is 19.1 Å². The molecule has 4 N–H and O–H groups in total. The number of rotatable bonds is 2. The van der Waals surface area contributed by atoms with Crippen LogP contribution in [0.1, 0.15) is 11.5 Å². The van der Waals surface area contributed by atoms with E-state index in [-0.39, 0.29) is 0 Å². The van der Waals surface area contributed by atoms with Gasteiger partial charge in [-0.3, -0.25) is 0 Å². The molecule has 0 amide bonds. The molecule has 1 aromatic heterocycles. The molecule has 4 nitrogen and oxygen atoms in total. The summed E-state index contributed by atoms with van der Waals surface area (Å²) in [5.74, 6) is 6.78. The summed E-state index contributed by atoms with van der Waals surface area (Å²) in [5.41, 5.74) is 2.32. The average molecular weight is 185 g/mol. The molecule has 0 spiro atoms. The zero-order valence-electron chi connectivity index (χ0n) is 6.76. The average Bonchev–Trinajstić information content (AvgIpc) is 2.47. The van der Waals surface area contributed by atoms with Crippen molar-refractivity contribution < 1.29 is 4.42 Å². The lowest BCUT2D eigenvalue weighted by Crippen LogP contribution is -2.39. The van der Waals surface area contributed by atoms with Gasteiger partial charge >= 0.3 is 0 Å². The van der Waals surface area contributed by atoms with Gasteiger partial charge in [-0.1, -0.05) is 0 Å². The highest BCUT2D eigenvalue weighted by Crippen LogP contribution is 2.04. The van der Waals surface area contributed by atoms with E-state index in [9.17, 15) is 0 Å². The Hall–Kier alpha value is -1.07. The predicted octanol–water partition coefficient (Wildman–Crippen LogP) is 0.426. The van der Waals surface area contributed by atoms with Gasteiger partial charge in [0.25, 0.3) is 0 Å². The molecule has 0 fully saturated rings. The van der Waals surface area contributed by atoms with Gasteiger partial charge in [0.05, 0.1) is 6.54 Å². The molecule has 12 heavy (non-hydrogen) atoms. The molecule has 66 valence electrons. The van der Waals surface area contributed by atoms with Gasteiger partial charge in [-0.05, 0) is 31.3 Å². The van der Waals surface area contributed by atoms with Crippen molar-refractivity contribution in [3.05, 3.63) is 23.7 Å². The van der Waals surface area contributed by atoms with Crippen molar-refractivity contribution in [1.82, 2.24) is 10.7 Å². The Morgan fingerprint density at radius 1 is 1.67 bits per heavy atom. The van der Waals surface area contributed by atoms with Gasteiger partial charge in [0.1, 0.15) is 11.5 Å². The summed E-state index contributed by atoms with van der Waals surface area (Å²) < 4.78 is 5.29. The number of aryl methyl sites for hydroxylation is 1. The topological polar surface area (TPSA) is 63.2 Å². The summed E-state index contributed by atoms with van der Waals surface area (Å²) in [6, 6.07) is 3.79. The molecule has 0 aromatic carbocycles. The van der Waals surface area contributed by atoms with Crippen LogP contribution in [-0.2, 0) is 6.54 Å². The molecule has 1 heterocycles. The molecular weight excluding hydrogens is 174 g/mol. The molecule has 0 saturated heterocycles. The Balaban J connectivity index is 2.38. The Morgan fingerprint density at radius 2 is 2.42 bits per heavy atom. The molecular formula is C7H11N3OS. The van der Waals surface area contributed by atoms with Crippen LogP contribution in [-0.4, -0.2) is 5.11 Å². The molecule has 0 aliphatic rings. The molecule has 0 radical (unpaired) electrons. The van der Waals surface area contributed by atoms with E-state index in [1.165, 1.54) is 0 Å². The van der Waals surface area contributed by atoms with Gasteiger partial charge in [0.2, 0.25) is 0 Å². The predicted molar refractivity (Wildman–Crippen MR) is 50.2 cm³/mol. The molecule has 0 saturated carbocycles. The molecule has 1 rings (SSSR count). The molecule has 0 atom stereocenters. The third-order valence-corrected chi connectivity index (χ3v) is 1.61. The summed E-state index contributed by atoms with van der Waals surface area (Å²) >= 11 is 4.77. The van der Waals surface area contributed by atoms with Crippen LogP contribution in [0.25, 0.3) is 0 Å². The van der Waals surface area contributed by atoms with Crippen LogP contribution in [0.2, 0.25) is 0 Å². The fraction of sp³-hybridized carbons (Fsp3) is 0.286. The van der Waals surface area contributed by atoms with Crippen molar-refractivity contribution in [3.63, 3.8) is 0 Å². The van der Waals surface area contributed by atoms with Gasteiger partial charge in [0.15, 0.2) is 5.11 Å². The van der Waals surface area contributed by atoms with Crippen LogP contribution in [0, 0.1) is 6.92 Å². The largest absolute Gasteiger partial charge is 0.465 e. The van der Waals surface area contributed by atoms with E-state index >= 15 is 0 Å². The summed E-state index contributed by atoms with van der Waals surface area (Å²) in [5, 5.41) is 3.27. The Bertz CT molecular complexity index is 271. The van der Waals surface area contributed by atoms with Crippen molar-refractivity contribution in [3.8, 4) is 0 Å². The molecule has 5 heteroatoms. The maximum atomic E-state index is 5.29.